The standard InChI is InChI=1S/C22H20F3N3O6/c1-2-34-21(31)16-10-15(12-18(13-16)28(32)33)20(30)27-8-6-26(7-9-27)19(29)14-4-3-5-17(11-14)22(23,24)25/h3-5,10-13H,2,6-9H2,1H3. The van der Waals surface area contributed by atoms with Crippen molar-refractivity contribution in [3.8, 4) is 0 Å². The predicted molar refractivity (Wildman–Crippen MR) is 112 cm³/mol. The van der Waals surface area contributed by atoms with E-state index in [4.69, 9.17) is 4.74 Å². The van der Waals surface area contributed by atoms with Crippen LogP contribution in [0.15, 0.2) is 42.5 Å². The Balaban J connectivity index is 1.73. The average Bonchev–Trinajstić information content (AvgIpc) is 2.82. The van der Waals surface area contributed by atoms with Gasteiger partial charge in [-0.2, -0.15) is 13.2 Å². The van der Waals surface area contributed by atoms with Crippen LogP contribution in [0.3, 0.4) is 0 Å². The Morgan fingerprint density at radius 3 is 2.03 bits per heavy atom. The zero-order chi connectivity index (χ0) is 25.0. The van der Waals surface area contributed by atoms with Gasteiger partial charge in [0.25, 0.3) is 17.5 Å². The van der Waals surface area contributed by atoms with Crippen LogP contribution in [0.5, 0.6) is 0 Å². The lowest BCUT2D eigenvalue weighted by Gasteiger charge is -2.35. The van der Waals surface area contributed by atoms with Crippen LogP contribution in [0.4, 0.5) is 18.9 Å². The van der Waals surface area contributed by atoms with Crippen LogP contribution in [-0.4, -0.2) is 65.3 Å². The second-order valence-electron chi connectivity index (χ2n) is 7.41. The number of benzene rings is 2. The molecule has 0 radical (unpaired) electrons. The summed E-state index contributed by atoms with van der Waals surface area (Å²) in [4.78, 5) is 50.8. The molecule has 1 aliphatic rings. The second-order valence-corrected chi connectivity index (χ2v) is 7.41. The summed E-state index contributed by atoms with van der Waals surface area (Å²) in [6, 6.07) is 7.35. The van der Waals surface area contributed by atoms with Gasteiger partial charge in [-0.3, -0.25) is 19.7 Å². The number of carbonyl (C=O) groups is 3. The first-order valence-corrected chi connectivity index (χ1v) is 10.2. The molecule has 2 aromatic rings. The zero-order valence-corrected chi connectivity index (χ0v) is 18.0. The number of non-ortho nitro benzene ring substituents is 1. The monoisotopic (exact) mass is 479 g/mol. The highest BCUT2D eigenvalue weighted by atomic mass is 19.4. The minimum atomic E-state index is -4.58. The molecule has 12 heteroatoms. The molecular formula is C22H20F3N3O6. The molecule has 0 aromatic heterocycles. The number of rotatable bonds is 5. The third-order valence-corrected chi connectivity index (χ3v) is 5.18. The Morgan fingerprint density at radius 2 is 1.50 bits per heavy atom. The van der Waals surface area contributed by atoms with Crippen LogP contribution >= 0.6 is 0 Å². The van der Waals surface area contributed by atoms with Crippen molar-refractivity contribution in [1.82, 2.24) is 9.80 Å². The fourth-order valence-electron chi connectivity index (χ4n) is 3.48. The number of hydrogen-bond acceptors (Lipinski definition) is 6. The van der Waals surface area contributed by atoms with E-state index in [1.807, 2.05) is 0 Å². The summed E-state index contributed by atoms with van der Waals surface area (Å²) < 4.78 is 43.7. The van der Waals surface area contributed by atoms with Crippen molar-refractivity contribution in [1.29, 1.82) is 0 Å². The van der Waals surface area contributed by atoms with Crippen molar-refractivity contribution in [2.45, 2.75) is 13.1 Å². The van der Waals surface area contributed by atoms with Crippen LogP contribution in [0, 0.1) is 10.1 Å². The lowest BCUT2D eigenvalue weighted by atomic mass is 10.1. The van der Waals surface area contributed by atoms with Gasteiger partial charge in [0.15, 0.2) is 0 Å². The first-order chi connectivity index (χ1) is 16.0. The Bertz CT molecular complexity index is 1130. The highest BCUT2D eigenvalue weighted by Crippen LogP contribution is 2.30. The average molecular weight is 479 g/mol. The number of piperazine rings is 1. The summed E-state index contributed by atoms with van der Waals surface area (Å²) in [6.45, 7) is 1.84. The molecule has 1 aliphatic heterocycles. The van der Waals surface area contributed by atoms with Crippen molar-refractivity contribution >= 4 is 23.5 Å². The summed E-state index contributed by atoms with van der Waals surface area (Å²) in [7, 11) is 0. The molecule has 0 unspecified atom stereocenters. The molecular weight excluding hydrogens is 459 g/mol. The van der Waals surface area contributed by atoms with Crippen molar-refractivity contribution in [2.24, 2.45) is 0 Å². The maximum absolute atomic E-state index is 12.9. The Labute approximate surface area is 191 Å². The van der Waals surface area contributed by atoms with Gasteiger partial charge >= 0.3 is 12.1 Å². The van der Waals surface area contributed by atoms with Gasteiger partial charge in [-0.15, -0.1) is 0 Å². The Kier molecular flexibility index (Phi) is 7.18. The summed E-state index contributed by atoms with van der Waals surface area (Å²) in [5.41, 5.74) is -1.73. The van der Waals surface area contributed by atoms with Gasteiger partial charge < -0.3 is 14.5 Å². The predicted octanol–water partition coefficient (Wildman–Crippen LogP) is 3.39. The van der Waals surface area contributed by atoms with Crippen molar-refractivity contribution < 1.29 is 37.2 Å². The number of ether oxygens (including phenoxy) is 1. The number of carbonyl (C=O) groups excluding carboxylic acids is 3. The molecule has 0 aliphatic carbocycles. The molecule has 1 heterocycles. The number of hydrogen-bond donors (Lipinski definition) is 0. The number of alkyl halides is 3. The van der Waals surface area contributed by atoms with E-state index in [-0.39, 0.29) is 49.5 Å². The van der Waals surface area contributed by atoms with E-state index in [0.29, 0.717) is 0 Å². The number of amides is 2. The quantitative estimate of drug-likeness (QED) is 0.369. The first kappa shape index (κ1) is 24.7. The molecule has 0 bridgehead atoms. The highest BCUT2D eigenvalue weighted by molar-refractivity contribution is 5.99. The van der Waals surface area contributed by atoms with E-state index in [0.717, 1.165) is 30.3 Å². The normalized spacial score (nSPS) is 14.0. The number of esters is 1. The van der Waals surface area contributed by atoms with Crippen LogP contribution in [0.2, 0.25) is 0 Å². The molecule has 0 spiro atoms. The fraction of sp³-hybridized carbons (Fsp3) is 0.318. The molecule has 0 saturated carbocycles. The SMILES string of the molecule is CCOC(=O)c1cc(C(=O)N2CCN(C(=O)c3cccc(C(F)(F)F)c3)CC2)cc([N+](=O)[O-])c1. The first-order valence-electron chi connectivity index (χ1n) is 10.2. The summed E-state index contributed by atoms with van der Waals surface area (Å²) >= 11 is 0. The topological polar surface area (TPSA) is 110 Å². The van der Waals surface area contributed by atoms with Crippen LogP contribution in [-0.2, 0) is 10.9 Å². The molecule has 9 nitrogen and oxygen atoms in total. The minimum absolute atomic E-state index is 0.0483. The largest absolute Gasteiger partial charge is 0.462 e. The summed E-state index contributed by atoms with van der Waals surface area (Å²) in [5.74, 6) is -1.99. The molecule has 180 valence electrons. The van der Waals surface area contributed by atoms with E-state index in [9.17, 15) is 37.7 Å². The highest BCUT2D eigenvalue weighted by Gasteiger charge is 2.32. The third kappa shape index (κ3) is 5.50. The van der Waals surface area contributed by atoms with E-state index in [1.165, 1.54) is 21.9 Å². The van der Waals surface area contributed by atoms with Crippen molar-refractivity contribution in [3.05, 3.63) is 74.8 Å². The maximum Gasteiger partial charge on any atom is 0.416 e. The van der Waals surface area contributed by atoms with E-state index < -0.39 is 40.1 Å². The van der Waals surface area contributed by atoms with E-state index >= 15 is 0 Å². The van der Waals surface area contributed by atoms with Gasteiger partial charge in [0.1, 0.15) is 0 Å². The van der Waals surface area contributed by atoms with Crippen molar-refractivity contribution in [3.63, 3.8) is 0 Å². The van der Waals surface area contributed by atoms with Gasteiger partial charge in [-0.1, -0.05) is 6.07 Å². The Morgan fingerprint density at radius 1 is 0.941 bits per heavy atom. The molecule has 34 heavy (non-hydrogen) atoms. The van der Waals surface area contributed by atoms with Crippen molar-refractivity contribution in [2.75, 3.05) is 32.8 Å². The zero-order valence-electron chi connectivity index (χ0n) is 18.0. The number of halogens is 3. The van der Waals surface area contributed by atoms with E-state index in [2.05, 4.69) is 0 Å². The van der Waals surface area contributed by atoms with Gasteiger partial charge in [0.2, 0.25) is 0 Å². The van der Waals surface area contributed by atoms with Crippen LogP contribution < -0.4 is 0 Å². The number of nitro groups is 1. The molecule has 0 atom stereocenters. The lowest BCUT2D eigenvalue weighted by Crippen LogP contribution is -2.50. The van der Waals surface area contributed by atoms with Gasteiger partial charge in [-0.05, 0) is 31.2 Å². The molecule has 0 N–H and O–H groups in total. The van der Waals surface area contributed by atoms with Gasteiger partial charge in [0, 0.05) is 49.4 Å². The molecule has 1 fully saturated rings. The third-order valence-electron chi connectivity index (χ3n) is 5.18. The van der Waals surface area contributed by atoms with Crippen LogP contribution in [0.25, 0.3) is 0 Å². The second kappa shape index (κ2) is 9.89. The Hall–Kier alpha value is -3.96. The number of nitrogens with zero attached hydrogens (tertiary/aromatic N) is 3. The smallest absolute Gasteiger partial charge is 0.416 e. The van der Waals surface area contributed by atoms with Crippen LogP contribution in [0.1, 0.15) is 43.6 Å². The molecule has 2 aromatic carbocycles. The maximum atomic E-state index is 12.9. The molecule has 2 amide bonds. The van der Waals surface area contributed by atoms with Gasteiger partial charge in [0.05, 0.1) is 22.7 Å². The molecule has 3 rings (SSSR count). The van der Waals surface area contributed by atoms with Gasteiger partial charge in [-0.25, -0.2) is 4.79 Å². The summed E-state index contributed by atoms with van der Waals surface area (Å²) in [6.07, 6.45) is -4.58. The number of nitro benzene ring substituents is 1. The minimum Gasteiger partial charge on any atom is -0.462 e. The van der Waals surface area contributed by atoms with E-state index in [1.54, 1.807) is 6.92 Å². The lowest BCUT2D eigenvalue weighted by molar-refractivity contribution is -0.384. The molecule has 1 saturated heterocycles. The fourth-order valence-corrected chi connectivity index (χ4v) is 3.48. The summed E-state index contributed by atoms with van der Waals surface area (Å²) in [5, 5.41) is 11.2.